The first-order valence-corrected chi connectivity index (χ1v) is 6.86. The lowest BCUT2D eigenvalue weighted by atomic mass is 10.2. The zero-order valence-electron chi connectivity index (χ0n) is 11.3. The number of hydrogen-bond donors (Lipinski definition) is 1. The molecule has 0 bridgehead atoms. The minimum absolute atomic E-state index is 0.181. The van der Waals surface area contributed by atoms with E-state index in [2.05, 4.69) is 34.1 Å². The highest BCUT2D eigenvalue weighted by Crippen LogP contribution is 2.13. The topological polar surface area (TPSA) is 69.1 Å². The van der Waals surface area contributed by atoms with Gasteiger partial charge in [-0.3, -0.25) is 10.6 Å². The number of aromatic nitrogens is 2. The van der Waals surface area contributed by atoms with Crippen LogP contribution in [0.2, 0.25) is 0 Å². The molecule has 1 aliphatic heterocycles. The van der Waals surface area contributed by atoms with E-state index in [-0.39, 0.29) is 5.82 Å². The zero-order chi connectivity index (χ0) is 13.9. The van der Waals surface area contributed by atoms with Crippen LogP contribution in [0.15, 0.2) is 36.5 Å². The lowest BCUT2D eigenvalue weighted by molar-refractivity contribution is -0.599. The van der Waals surface area contributed by atoms with Gasteiger partial charge in [0.1, 0.15) is 11.9 Å². The van der Waals surface area contributed by atoms with Gasteiger partial charge in [0.25, 0.3) is 5.82 Å². The van der Waals surface area contributed by atoms with Crippen molar-refractivity contribution in [3.05, 3.63) is 58.7 Å². The smallest absolute Gasteiger partial charge is 0.294 e. The summed E-state index contributed by atoms with van der Waals surface area (Å²) in [7, 11) is 0. The lowest BCUT2D eigenvalue weighted by Gasteiger charge is -2.19. The third-order valence-electron chi connectivity index (χ3n) is 3.74. The SMILES string of the molecule is Nc1cnc2c([n+]1[O-])CCN(Cc1ccccc1)CC2. The van der Waals surface area contributed by atoms with Gasteiger partial charge in [-0.1, -0.05) is 30.3 Å². The van der Waals surface area contributed by atoms with Gasteiger partial charge >= 0.3 is 0 Å². The average molecular weight is 270 g/mol. The molecule has 0 fully saturated rings. The highest BCUT2D eigenvalue weighted by molar-refractivity contribution is 5.21. The van der Waals surface area contributed by atoms with E-state index in [1.54, 1.807) is 0 Å². The molecule has 5 heteroatoms. The number of rotatable bonds is 2. The molecule has 1 aliphatic rings. The van der Waals surface area contributed by atoms with Crippen molar-refractivity contribution >= 4 is 5.82 Å². The minimum atomic E-state index is 0.181. The van der Waals surface area contributed by atoms with Crippen molar-refractivity contribution in [2.75, 3.05) is 18.8 Å². The summed E-state index contributed by atoms with van der Waals surface area (Å²) in [5, 5.41) is 12.0. The Morgan fingerprint density at radius 2 is 1.95 bits per heavy atom. The van der Waals surface area contributed by atoms with Crippen LogP contribution in [0.5, 0.6) is 0 Å². The highest BCUT2D eigenvalue weighted by Gasteiger charge is 2.19. The van der Waals surface area contributed by atoms with E-state index >= 15 is 0 Å². The molecule has 104 valence electrons. The van der Waals surface area contributed by atoms with Gasteiger partial charge in [-0.25, -0.2) is 9.71 Å². The van der Waals surface area contributed by atoms with Crippen molar-refractivity contribution in [2.45, 2.75) is 19.4 Å². The fraction of sp³-hybridized carbons (Fsp3) is 0.333. The first-order chi connectivity index (χ1) is 9.74. The van der Waals surface area contributed by atoms with Gasteiger partial charge in [0, 0.05) is 32.5 Å². The second-order valence-electron chi connectivity index (χ2n) is 5.13. The van der Waals surface area contributed by atoms with Gasteiger partial charge in [0.15, 0.2) is 0 Å². The first kappa shape index (κ1) is 12.9. The van der Waals surface area contributed by atoms with Gasteiger partial charge < -0.3 is 5.21 Å². The molecular weight excluding hydrogens is 252 g/mol. The summed E-state index contributed by atoms with van der Waals surface area (Å²) in [6.07, 6.45) is 2.95. The third kappa shape index (κ3) is 2.58. The normalized spacial score (nSPS) is 15.6. The number of nitrogens with zero attached hydrogens (tertiary/aromatic N) is 3. The number of hydrogen-bond acceptors (Lipinski definition) is 4. The average Bonchev–Trinajstić information content (AvgIpc) is 2.67. The summed E-state index contributed by atoms with van der Waals surface area (Å²) in [4.78, 5) is 6.66. The first-order valence-electron chi connectivity index (χ1n) is 6.86. The van der Waals surface area contributed by atoms with E-state index in [0.29, 0.717) is 6.42 Å². The number of benzene rings is 1. The van der Waals surface area contributed by atoms with Crippen molar-refractivity contribution in [1.82, 2.24) is 9.88 Å². The lowest BCUT2D eigenvalue weighted by Crippen LogP contribution is -2.37. The molecule has 0 amide bonds. The predicted octanol–water partition coefficient (Wildman–Crippen LogP) is 0.898. The van der Waals surface area contributed by atoms with Crippen molar-refractivity contribution < 1.29 is 4.73 Å². The molecule has 3 rings (SSSR count). The molecule has 20 heavy (non-hydrogen) atoms. The van der Waals surface area contributed by atoms with Gasteiger partial charge in [-0.2, -0.15) is 0 Å². The molecule has 2 aromatic rings. The molecule has 0 radical (unpaired) electrons. The van der Waals surface area contributed by atoms with Gasteiger partial charge in [-0.15, -0.1) is 0 Å². The van der Waals surface area contributed by atoms with E-state index in [1.807, 2.05) is 6.07 Å². The summed E-state index contributed by atoms with van der Waals surface area (Å²) in [6, 6.07) is 10.4. The van der Waals surface area contributed by atoms with Crippen LogP contribution in [0.1, 0.15) is 17.0 Å². The fourth-order valence-electron chi connectivity index (χ4n) is 2.64. The Morgan fingerprint density at radius 1 is 1.20 bits per heavy atom. The van der Waals surface area contributed by atoms with E-state index in [1.165, 1.54) is 11.8 Å². The largest absolute Gasteiger partial charge is 0.710 e. The Kier molecular flexibility index (Phi) is 3.52. The molecule has 2 N–H and O–H groups in total. The van der Waals surface area contributed by atoms with Crippen LogP contribution in [0.3, 0.4) is 0 Å². The standard InChI is InChI=1S/C15H18N4O/c16-15-10-17-13-6-8-18(9-7-14(13)19(15)20)11-12-4-2-1-3-5-12/h1-5,10H,6-9,11,16H2. The van der Waals surface area contributed by atoms with Crippen molar-refractivity contribution in [3.8, 4) is 0 Å². The molecule has 0 saturated heterocycles. The maximum atomic E-state index is 12.0. The molecule has 2 heterocycles. The van der Waals surface area contributed by atoms with Crippen LogP contribution in [0.4, 0.5) is 5.82 Å². The quantitative estimate of drug-likeness (QED) is 0.650. The minimum Gasteiger partial charge on any atom is -0.710 e. The Balaban J connectivity index is 1.74. The summed E-state index contributed by atoms with van der Waals surface area (Å²) in [5.74, 6) is 0.181. The molecule has 0 saturated carbocycles. The molecule has 0 unspecified atom stereocenters. The third-order valence-corrected chi connectivity index (χ3v) is 3.74. The van der Waals surface area contributed by atoms with Crippen molar-refractivity contribution in [3.63, 3.8) is 0 Å². The zero-order valence-corrected chi connectivity index (χ0v) is 11.3. The second kappa shape index (κ2) is 5.46. The number of nitrogens with two attached hydrogens (primary N) is 1. The maximum absolute atomic E-state index is 12.0. The summed E-state index contributed by atoms with van der Waals surface area (Å²) >= 11 is 0. The summed E-state index contributed by atoms with van der Waals surface area (Å²) in [5.41, 5.74) is 8.52. The molecular formula is C15H18N4O. The van der Waals surface area contributed by atoms with Crippen LogP contribution in [0.25, 0.3) is 0 Å². The number of fused-ring (bicyclic) bond motifs is 1. The predicted molar refractivity (Wildman–Crippen MR) is 76.7 cm³/mol. The van der Waals surface area contributed by atoms with Crippen LogP contribution in [0, 0.1) is 5.21 Å². The molecule has 0 spiro atoms. The van der Waals surface area contributed by atoms with E-state index in [9.17, 15) is 5.21 Å². The van der Waals surface area contributed by atoms with Crippen LogP contribution in [-0.4, -0.2) is 23.0 Å². The molecule has 0 atom stereocenters. The Morgan fingerprint density at radius 3 is 2.75 bits per heavy atom. The van der Waals surface area contributed by atoms with Gasteiger partial charge in [-0.05, 0) is 5.56 Å². The van der Waals surface area contributed by atoms with E-state index < -0.39 is 0 Å². The molecule has 1 aromatic heterocycles. The Labute approximate surface area is 118 Å². The van der Waals surface area contributed by atoms with Gasteiger partial charge in [0.2, 0.25) is 0 Å². The fourth-order valence-corrected chi connectivity index (χ4v) is 2.64. The van der Waals surface area contributed by atoms with Crippen molar-refractivity contribution in [1.29, 1.82) is 0 Å². The van der Waals surface area contributed by atoms with E-state index in [4.69, 9.17) is 5.73 Å². The number of anilines is 1. The van der Waals surface area contributed by atoms with E-state index in [0.717, 1.165) is 42.2 Å². The molecule has 1 aromatic carbocycles. The number of nitrogen functional groups attached to an aromatic ring is 1. The van der Waals surface area contributed by atoms with Crippen LogP contribution >= 0.6 is 0 Å². The van der Waals surface area contributed by atoms with Gasteiger partial charge in [0.05, 0.1) is 5.69 Å². The maximum Gasteiger partial charge on any atom is 0.294 e. The highest BCUT2D eigenvalue weighted by atomic mass is 16.5. The summed E-state index contributed by atoms with van der Waals surface area (Å²) < 4.78 is 0.828. The van der Waals surface area contributed by atoms with Crippen LogP contribution in [-0.2, 0) is 19.4 Å². The Hall–Kier alpha value is -2.14. The van der Waals surface area contributed by atoms with Crippen molar-refractivity contribution in [2.24, 2.45) is 0 Å². The van der Waals surface area contributed by atoms with Crippen LogP contribution < -0.4 is 10.5 Å². The molecule has 5 nitrogen and oxygen atoms in total. The summed E-state index contributed by atoms with van der Waals surface area (Å²) in [6.45, 7) is 2.68. The Bertz CT molecular complexity index is 600. The monoisotopic (exact) mass is 270 g/mol. The second-order valence-corrected chi connectivity index (χ2v) is 5.13. The molecule has 0 aliphatic carbocycles.